The van der Waals surface area contributed by atoms with Gasteiger partial charge in [0.05, 0.1) is 46.0 Å². The molecule has 0 aliphatic heterocycles. The SMILES string of the molecule is Cc1nn(Cc2cccc(C(=O)Nc3c(C)nn(Cc4ccc(F)cc4)c3C)c2)c(C)c1Br. The van der Waals surface area contributed by atoms with Gasteiger partial charge in [-0.15, -0.1) is 0 Å². The molecule has 8 heteroatoms. The van der Waals surface area contributed by atoms with Crippen LogP contribution in [-0.4, -0.2) is 25.5 Å². The van der Waals surface area contributed by atoms with Crippen LogP contribution in [0.25, 0.3) is 0 Å². The first-order valence-corrected chi connectivity index (χ1v) is 11.4. The molecule has 2 aromatic carbocycles. The lowest BCUT2D eigenvalue weighted by Crippen LogP contribution is -2.14. The molecule has 4 aromatic rings. The van der Waals surface area contributed by atoms with E-state index in [9.17, 15) is 9.18 Å². The number of amides is 1. The Morgan fingerprint density at radius 1 is 0.909 bits per heavy atom. The lowest BCUT2D eigenvalue weighted by Gasteiger charge is -2.09. The van der Waals surface area contributed by atoms with Crippen molar-refractivity contribution in [2.75, 3.05) is 5.32 Å². The van der Waals surface area contributed by atoms with E-state index in [4.69, 9.17) is 0 Å². The number of rotatable bonds is 6. The highest BCUT2D eigenvalue weighted by Crippen LogP contribution is 2.23. The molecule has 6 nitrogen and oxygen atoms in total. The largest absolute Gasteiger partial charge is 0.319 e. The van der Waals surface area contributed by atoms with Crippen molar-refractivity contribution < 1.29 is 9.18 Å². The number of halogens is 2. The van der Waals surface area contributed by atoms with E-state index in [2.05, 4.69) is 31.4 Å². The smallest absolute Gasteiger partial charge is 0.255 e. The van der Waals surface area contributed by atoms with Crippen LogP contribution in [0.15, 0.2) is 53.0 Å². The highest BCUT2D eigenvalue weighted by atomic mass is 79.9. The molecule has 0 saturated heterocycles. The van der Waals surface area contributed by atoms with Gasteiger partial charge < -0.3 is 5.32 Å². The first kappa shape index (κ1) is 22.9. The monoisotopic (exact) mass is 509 g/mol. The second-order valence-electron chi connectivity index (χ2n) is 8.13. The number of benzene rings is 2. The molecule has 0 aliphatic carbocycles. The molecular weight excluding hydrogens is 485 g/mol. The molecule has 0 aliphatic rings. The summed E-state index contributed by atoms with van der Waals surface area (Å²) in [6.45, 7) is 8.81. The molecule has 0 spiro atoms. The Hall–Kier alpha value is -3.26. The van der Waals surface area contributed by atoms with Gasteiger partial charge in [0.1, 0.15) is 5.82 Å². The van der Waals surface area contributed by atoms with Crippen molar-refractivity contribution in [2.24, 2.45) is 0 Å². The topological polar surface area (TPSA) is 64.7 Å². The number of hydrogen-bond donors (Lipinski definition) is 1. The average molecular weight is 510 g/mol. The van der Waals surface area contributed by atoms with E-state index in [1.807, 2.05) is 55.3 Å². The van der Waals surface area contributed by atoms with Crippen LogP contribution >= 0.6 is 15.9 Å². The highest BCUT2D eigenvalue weighted by Gasteiger charge is 2.16. The molecule has 0 fully saturated rings. The van der Waals surface area contributed by atoms with Gasteiger partial charge in [-0.25, -0.2) is 4.39 Å². The molecule has 4 rings (SSSR count). The van der Waals surface area contributed by atoms with E-state index < -0.39 is 0 Å². The summed E-state index contributed by atoms with van der Waals surface area (Å²) in [7, 11) is 0. The van der Waals surface area contributed by atoms with E-state index in [0.29, 0.717) is 24.3 Å². The Morgan fingerprint density at radius 3 is 2.21 bits per heavy atom. The minimum atomic E-state index is -0.271. The van der Waals surface area contributed by atoms with Crippen LogP contribution in [-0.2, 0) is 13.1 Å². The van der Waals surface area contributed by atoms with Gasteiger partial charge in [0.25, 0.3) is 5.91 Å². The van der Waals surface area contributed by atoms with Gasteiger partial charge >= 0.3 is 0 Å². The predicted molar refractivity (Wildman–Crippen MR) is 130 cm³/mol. The maximum absolute atomic E-state index is 13.2. The van der Waals surface area contributed by atoms with E-state index >= 15 is 0 Å². The van der Waals surface area contributed by atoms with Gasteiger partial charge in [-0.1, -0.05) is 24.3 Å². The third-order valence-corrected chi connectivity index (χ3v) is 6.83. The van der Waals surface area contributed by atoms with Crippen molar-refractivity contribution in [1.82, 2.24) is 19.6 Å². The molecule has 33 heavy (non-hydrogen) atoms. The van der Waals surface area contributed by atoms with Crippen LogP contribution < -0.4 is 5.32 Å². The molecule has 2 heterocycles. The van der Waals surface area contributed by atoms with Crippen LogP contribution in [0, 0.1) is 33.5 Å². The summed E-state index contributed by atoms with van der Waals surface area (Å²) < 4.78 is 17.9. The first-order chi connectivity index (χ1) is 15.7. The summed E-state index contributed by atoms with van der Waals surface area (Å²) in [5.41, 5.74) is 6.73. The van der Waals surface area contributed by atoms with Crippen LogP contribution in [0.3, 0.4) is 0 Å². The standard InChI is InChI=1S/C25H25BrFN5O/c1-15-23(26)17(3)31(29-15)14-20-6-5-7-21(12-20)25(33)28-24-16(2)30-32(18(24)4)13-19-8-10-22(27)11-9-19/h5-12H,13-14H2,1-4H3,(H,28,33). The zero-order chi connectivity index (χ0) is 23.7. The molecule has 1 amide bonds. The molecule has 2 aromatic heterocycles. The molecule has 0 atom stereocenters. The number of aromatic nitrogens is 4. The number of carbonyl (C=O) groups is 1. The third kappa shape index (κ3) is 4.90. The molecule has 0 unspecified atom stereocenters. The fraction of sp³-hybridized carbons (Fsp3) is 0.240. The summed E-state index contributed by atoms with van der Waals surface area (Å²) in [5.74, 6) is -0.466. The van der Waals surface area contributed by atoms with Gasteiger partial charge in [0.15, 0.2) is 0 Å². The average Bonchev–Trinajstić information content (AvgIpc) is 3.19. The van der Waals surface area contributed by atoms with Crippen molar-refractivity contribution in [1.29, 1.82) is 0 Å². The lowest BCUT2D eigenvalue weighted by molar-refractivity contribution is 0.102. The van der Waals surface area contributed by atoms with E-state index in [1.54, 1.807) is 18.2 Å². The number of carbonyl (C=O) groups excluding carboxylic acids is 1. The van der Waals surface area contributed by atoms with E-state index in [0.717, 1.165) is 38.4 Å². The Bertz CT molecular complexity index is 1320. The number of anilines is 1. The van der Waals surface area contributed by atoms with Gasteiger partial charge in [-0.05, 0) is 79.0 Å². The highest BCUT2D eigenvalue weighted by molar-refractivity contribution is 9.10. The Morgan fingerprint density at radius 2 is 1.55 bits per heavy atom. The fourth-order valence-corrected chi connectivity index (χ4v) is 4.08. The second-order valence-corrected chi connectivity index (χ2v) is 8.92. The van der Waals surface area contributed by atoms with E-state index in [-0.39, 0.29) is 11.7 Å². The minimum Gasteiger partial charge on any atom is -0.319 e. The number of nitrogens with one attached hydrogen (secondary N) is 1. The maximum atomic E-state index is 13.2. The van der Waals surface area contributed by atoms with Crippen LogP contribution in [0.1, 0.15) is 44.3 Å². The molecule has 0 saturated carbocycles. The van der Waals surface area contributed by atoms with Gasteiger partial charge in [0, 0.05) is 5.56 Å². The summed E-state index contributed by atoms with van der Waals surface area (Å²) in [4.78, 5) is 13.0. The molecule has 0 radical (unpaired) electrons. The predicted octanol–water partition coefficient (Wildman–Crippen LogP) is 5.56. The van der Waals surface area contributed by atoms with Crippen molar-refractivity contribution in [3.8, 4) is 0 Å². The Labute approximate surface area is 200 Å². The second kappa shape index (κ2) is 9.31. The minimum absolute atomic E-state index is 0.195. The first-order valence-electron chi connectivity index (χ1n) is 10.6. The zero-order valence-electron chi connectivity index (χ0n) is 19.0. The van der Waals surface area contributed by atoms with Gasteiger partial charge in [0.2, 0.25) is 0 Å². The lowest BCUT2D eigenvalue weighted by atomic mass is 10.1. The van der Waals surface area contributed by atoms with E-state index in [1.165, 1.54) is 12.1 Å². The zero-order valence-corrected chi connectivity index (χ0v) is 20.6. The van der Waals surface area contributed by atoms with Crippen molar-refractivity contribution in [3.05, 3.63) is 98.3 Å². The number of aryl methyl sites for hydroxylation is 2. The van der Waals surface area contributed by atoms with Crippen molar-refractivity contribution >= 4 is 27.5 Å². The summed E-state index contributed by atoms with van der Waals surface area (Å²) in [5, 5.41) is 12.1. The number of hydrogen-bond acceptors (Lipinski definition) is 3. The van der Waals surface area contributed by atoms with Gasteiger partial charge in [-0.3, -0.25) is 14.2 Å². The summed E-state index contributed by atoms with van der Waals surface area (Å²) in [6, 6.07) is 13.9. The maximum Gasteiger partial charge on any atom is 0.255 e. The van der Waals surface area contributed by atoms with Crippen molar-refractivity contribution in [2.45, 2.75) is 40.8 Å². The normalized spacial score (nSPS) is 11.1. The summed E-state index contributed by atoms with van der Waals surface area (Å²) in [6.07, 6.45) is 0. The molecule has 1 N–H and O–H groups in total. The number of nitrogens with zero attached hydrogens (tertiary/aromatic N) is 4. The summed E-state index contributed by atoms with van der Waals surface area (Å²) >= 11 is 3.56. The van der Waals surface area contributed by atoms with Crippen LogP contribution in [0.4, 0.5) is 10.1 Å². The van der Waals surface area contributed by atoms with Gasteiger partial charge in [-0.2, -0.15) is 10.2 Å². The third-order valence-electron chi connectivity index (χ3n) is 5.68. The molecular formula is C25H25BrFN5O. The van der Waals surface area contributed by atoms with Crippen molar-refractivity contribution in [3.63, 3.8) is 0 Å². The Kier molecular flexibility index (Phi) is 6.47. The fourth-order valence-electron chi connectivity index (χ4n) is 3.79. The molecule has 0 bridgehead atoms. The Balaban J connectivity index is 1.51. The molecule has 170 valence electrons. The van der Waals surface area contributed by atoms with Crippen LogP contribution in [0.5, 0.6) is 0 Å². The quantitative estimate of drug-likeness (QED) is 0.369. The van der Waals surface area contributed by atoms with Crippen LogP contribution in [0.2, 0.25) is 0 Å².